The minimum atomic E-state index is -0.498. The van der Waals surface area contributed by atoms with Crippen molar-refractivity contribution in [3.63, 3.8) is 0 Å². The standard InChI is InChI=1S/C14H20N2O4/c1-5-20-14(19)13-8(2)6-12(18)16(10(13)4)9(3)7-11(15)17/h6,9H,5,7H2,1-4H3,(H2,15,17). The minimum absolute atomic E-state index is 0.0338. The van der Waals surface area contributed by atoms with Crippen molar-refractivity contribution in [2.24, 2.45) is 5.73 Å². The molecular formula is C14H20N2O4. The molecule has 6 nitrogen and oxygen atoms in total. The van der Waals surface area contributed by atoms with E-state index in [1.807, 2.05) is 0 Å². The first-order valence-electron chi connectivity index (χ1n) is 6.47. The predicted octanol–water partition coefficient (Wildman–Crippen LogP) is 1.08. The Kier molecular flexibility index (Phi) is 5.07. The van der Waals surface area contributed by atoms with Gasteiger partial charge in [-0.15, -0.1) is 0 Å². The maximum absolute atomic E-state index is 12.1. The third kappa shape index (κ3) is 3.26. The smallest absolute Gasteiger partial charge is 0.340 e. The number of primary amides is 1. The summed E-state index contributed by atoms with van der Waals surface area (Å²) in [5.41, 5.74) is 6.31. The second kappa shape index (κ2) is 6.36. The second-order valence-corrected chi connectivity index (χ2v) is 4.74. The number of rotatable bonds is 5. The normalized spacial score (nSPS) is 12.0. The van der Waals surface area contributed by atoms with Gasteiger partial charge in [-0.05, 0) is 33.3 Å². The summed E-state index contributed by atoms with van der Waals surface area (Å²) in [5, 5.41) is 0. The van der Waals surface area contributed by atoms with Gasteiger partial charge < -0.3 is 15.0 Å². The number of aromatic nitrogens is 1. The molecule has 0 aliphatic carbocycles. The van der Waals surface area contributed by atoms with Crippen molar-refractivity contribution in [1.82, 2.24) is 4.57 Å². The molecule has 2 N–H and O–H groups in total. The molecule has 0 aromatic carbocycles. The molecule has 1 heterocycles. The van der Waals surface area contributed by atoms with E-state index in [1.54, 1.807) is 27.7 Å². The molecule has 1 amide bonds. The molecule has 0 radical (unpaired) electrons. The van der Waals surface area contributed by atoms with Gasteiger partial charge in [-0.3, -0.25) is 9.59 Å². The lowest BCUT2D eigenvalue weighted by Gasteiger charge is -2.20. The van der Waals surface area contributed by atoms with E-state index in [-0.39, 0.29) is 18.6 Å². The first-order chi connectivity index (χ1) is 9.29. The fraction of sp³-hybridized carbons (Fsp3) is 0.500. The molecule has 0 saturated heterocycles. The van der Waals surface area contributed by atoms with Crippen LogP contribution in [0.5, 0.6) is 0 Å². The molecule has 6 heteroatoms. The molecule has 1 unspecified atom stereocenters. The number of nitrogens with zero attached hydrogens (tertiary/aromatic N) is 1. The highest BCUT2D eigenvalue weighted by atomic mass is 16.5. The van der Waals surface area contributed by atoms with Crippen LogP contribution < -0.4 is 11.3 Å². The quantitative estimate of drug-likeness (QED) is 0.817. The summed E-state index contributed by atoms with van der Waals surface area (Å²) in [6.07, 6.45) is 0.0338. The first kappa shape index (κ1) is 15.9. The number of ether oxygens (including phenoxy) is 1. The Hall–Kier alpha value is -2.11. The fourth-order valence-electron chi connectivity index (χ4n) is 2.34. The molecule has 0 saturated carbocycles. The summed E-state index contributed by atoms with van der Waals surface area (Å²) in [5.74, 6) is -0.968. The van der Waals surface area contributed by atoms with Crippen molar-refractivity contribution >= 4 is 11.9 Å². The number of hydrogen-bond acceptors (Lipinski definition) is 4. The lowest BCUT2D eigenvalue weighted by atomic mass is 10.1. The first-order valence-corrected chi connectivity index (χ1v) is 6.47. The zero-order chi connectivity index (χ0) is 15.4. The zero-order valence-electron chi connectivity index (χ0n) is 12.2. The Labute approximate surface area is 117 Å². The molecule has 110 valence electrons. The largest absolute Gasteiger partial charge is 0.462 e. The van der Waals surface area contributed by atoms with E-state index in [2.05, 4.69) is 0 Å². The Balaban J connectivity index is 3.39. The van der Waals surface area contributed by atoms with Gasteiger partial charge in [0.15, 0.2) is 0 Å². The molecule has 1 aromatic heterocycles. The Morgan fingerprint density at radius 1 is 1.40 bits per heavy atom. The lowest BCUT2D eigenvalue weighted by Crippen LogP contribution is -2.30. The number of carbonyl (C=O) groups excluding carboxylic acids is 2. The summed E-state index contributed by atoms with van der Waals surface area (Å²) < 4.78 is 6.41. The van der Waals surface area contributed by atoms with Crippen molar-refractivity contribution in [1.29, 1.82) is 0 Å². The topological polar surface area (TPSA) is 91.4 Å². The maximum Gasteiger partial charge on any atom is 0.340 e. The van der Waals surface area contributed by atoms with E-state index in [1.165, 1.54) is 10.6 Å². The van der Waals surface area contributed by atoms with Crippen LogP contribution in [0.3, 0.4) is 0 Å². The molecule has 1 atom stereocenters. The molecule has 1 rings (SSSR count). The van der Waals surface area contributed by atoms with Gasteiger partial charge in [0.1, 0.15) is 0 Å². The highest BCUT2D eigenvalue weighted by molar-refractivity contribution is 5.92. The van der Waals surface area contributed by atoms with Crippen LogP contribution in [0.25, 0.3) is 0 Å². The van der Waals surface area contributed by atoms with Crippen molar-refractivity contribution in [2.45, 2.75) is 40.2 Å². The second-order valence-electron chi connectivity index (χ2n) is 4.74. The average molecular weight is 280 g/mol. The number of aryl methyl sites for hydroxylation is 1. The average Bonchev–Trinajstić information content (AvgIpc) is 2.26. The summed E-state index contributed by atoms with van der Waals surface area (Å²) >= 11 is 0. The van der Waals surface area contributed by atoms with Crippen molar-refractivity contribution < 1.29 is 14.3 Å². The third-order valence-electron chi connectivity index (χ3n) is 3.11. The van der Waals surface area contributed by atoms with E-state index in [4.69, 9.17) is 10.5 Å². The summed E-state index contributed by atoms with van der Waals surface area (Å²) in [4.78, 5) is 35.0. The number of amides is 1. The maximum atomic E-state index is 12.1. The summed E-state index contributed by atoms with van der Waals surface area (Å²) in [6, 6.07) is 0.963. The Bertz CT molecular complexity index is 590. The third-order valence-corrected chi connectivity index (χ3v) is 3.11. The molecule has 0 bridgehead atoms. The van der Waals surface area contributed by atoms with Gasteiger partial charge in [0, 0.05) is 24.2 Å². The van der Waals surface area contributed by atoms with Crippen LogP contribution >= 0.6 is 0 Å². The molecular weight excluding hydrogens is 260 g/mol. The number of carbonyl (C=O) groups is 2. The van der Waals surface area contributed by atoms with Crippen LogP contribution in [-0.2, 0) is 9.53 Å². The van der Waals surface area contributed by atoms with Crippen LogP contribution in [0.15, 0.2) is 10.9 Å². The predicted molar refractivity (Wildman–Crippen MR) is 74.7 cm³/mol. The monoisotopic (exact) mass is 280 g/mol. The Morgan fingerprint density at radius 2 is 2.00 bits per heavy atom. The number of hydrogen-bond donors (Lipinski definition) is 1. The van der Waals surface area contributed by atoms with Crippen molar-refractivity contribution in [3.8, 4) is 0 Å². The molecule has 0 aliphatic rings. The Morgan fingerprint density at radius 3 is 2.50 bits per heavy atom. The lowest BCUT2D eigenvalue weighted by molar-refractivity contribution is -0.118. The van der Waals surface area contributed by atoms with E-state index in [0.29, 0.717) is 16.8 Å². The molecule has 0 fully saturated rings. The van der Waals surface area contributed by atoms with Gasteiger partial charge in [0.05, 0.1) is 12.2 Å². The highest BCUT2D eigenvalue weighted by Gasteiger charge is 2.21. The highest BCUT2D eigenvalue weighted by Crippen LogP contribution is 2.18. The molecule has 1 aromatic rings. The zero-order valence-corrected chi connectivity index (χ0v) is 12.2. The van der Waals surface area contributed by atoms with Crippen LogP contribution in [0, 0.1) is 13.8 Å². The van der Waals surface area contributed by atoms with Gasteiger partial charge in [0.2, 0.25) is 5.91 Å². The van der Waals surface area contributed by atoms with Gasteiger partial charge in [0.25, 0.3) is 5.56 Å². The van der Waals surface area contributed by atoms with E-state index >= 15 is 0 Å². The van der Waals surface area contributed by atoms with Gasteiger partial charge in [-0.2, -0.15) is 0 Å². The minimum Gasteiger partial charge on any atom is -0.462 e. The van der Waals surface area contributed by atoms with Gasteiger partial charge in [-0.1, -0.05) is 0 Å². The number of pyridine rings is 1. The number of nitrogens with two attached hydrogens (primary N) is 1. The van der Waals surface area contributed by atoms with Crippen LogP contribution in [0.2, 0.25) is 0 Å². The van der Waals surface area contributed by atoms with E-state index < -0.39 is 17.9 Å². The summed E-state index contributed by atoms with van der Waals surface area (Å²) in [7, 11) is 0. The van der Waals surface area contributed by atoms with Crippen LogP contribution in [0.4, 0.5) is 0 Å². The van der Waals surface area contributed by atoms with E-state index in [9.17, 15) is 14.4 Å². The summed E-state index contributed by atoms with van der Waals surface area (Å²) in [6.45, 7) is 7.04. The van der Waals surface area contributed by atoms with Gasteiger partial charge in [-0.25, -0.2) is 4.79 Å². The van der Waals surface area contributed by atoms with Crippen molar-refractivity contribution in [2.75, 3.05) is 6.61 Å². The molecule has 0 aliphatic heterocycles. The van der Waals surface area contributed by atoms with E-state index in [0.717, 1.165) is 0 Å². The molecule has 0 spiro atoms. The fourth-order valence-corrected chi connectivity index (χ4v) is 2.34. The number of esters is 1. The SMILES string of the molecule is CCOC(=O)c1c(C)cc(=O)n(C(C)CC(N)=O)c1C. The van der Waals surface area contributed by atoms with Gasteiger partial charge >= 0.3 is 5.97 Å². The van der Waals surface area contributed by atoms with Crippen molar-refractivity contribution in [3.05, 3.63) is 33.2 Å². The molecule has 20 heavy (non-hydrogen) atoms. The van der Waals surface area contributed by atoms with Crippen LogP contribution in [0.1, 0.15) is 47.9 Å². The van der Waals surface area contributed by atoms with Crippen LogP contribution in [-0.4, -0.2) is 23.1 Å².